The van der Waals surface area contributed by atoms with E-state index in [0.717, 1.165) is 16.7 Å². The summed E-state index contributed by atoms with van der Waals surface area (Å²) < 4.78 is 13.5. The van der Waals surface area contributed by atoms with Crippen LogP contribution in [0.2, 0.25) is 0 Å². The van der Waals surface area contributed by atoms with E-state index in [4.69, 9.17) is 0 Å². The highest BCUT2D eigenvalue weighted by Gasteiger charge is 2.10. The van der Waals surface area contributed by atoms with Gasteiger partial charge < -0.3 is 5.32 Å². The lowest BCUT2D eigenvalue weighted by molar-refractivity contribution is 0.624. The van der Waals surface area contributed by atoms with E-state index in [1.165, 1.54) is 22.4 Å². The minimum Gasteiger partial charge on any atom is -0.316 e. The van der Waals surface area contributed by atoms with Crippen LogP contribution in [0, 0.1) is 12.7 Å². The van der Waals surface area contributed by atoms with Crippen molar-refractivity contribution in [2.24, 2.45) is 0 Å². The smallest absolute Gasteiger partial charge is 0.123 e. The maximum absolute atomic E-state index is 13.5. The van der Waals surface area contributed by atoms with Gasteiger partial charge in [0.25, 0.3) is 0 Å². The van der Waals surface area contributed by atoms with Crippen molar-refractivity contribution >= 4 is 10.8 Å². The van der Waals surface area contributed by atoms with E-state index in [0.29, 0.717) is 6.54 Å². The van der Waals surface area contributed by atoms with Crippen LogP contribution in [0.4, 0.5) is 4.39 Å². The van der Waals surface area contributed by atoms with Crippen LogP contribution in [-0.2, 0) is 6.54 Å². The molecule has 0 aromatic heterocycles. The molecule has 0 radical (unpaired) electrons. The standard InChI is InChI=1S/C19H18FN/c1-13-7-9-19(18-6-4-3-5-16(13)18)17-10-8-15(20)11-14(17)12-21-2/h3-11,21H,12H2,1-2H3. The van der Waals surface area contributed by atoms with Crippen LogP contribution in [0.1, 0.15) is 11.1 Å². The van der Waals surface area contributed by atoms with Gasteiger partial charge in [-0.05, 0) is 59.1 Å². The van der Waals surface area contributed by atoms with Gasteiger partial charge in [0.05, 0.1) is 0 Å². The Kier molecular flexibility index (Phi) is 3.72. The Labute approximate surface area is 124 Å². The summed E-state index contributed by atoms with van der Waals surface area (Å²) in [6.07, 6.45) is 0. The molecule has 0 aliphatic carbocycles. The molecule has 1 N–H and O–H groups in total. The fourth-order valence-electron chi connectivity index (χ4n) is 2.85. The van der Waals surface area contributed by atoms with Crippen LogP contribution in [0.25, 0.3) is 21.9 Å². The molecule has 0 unspecified atom stereocenters. The lowest BCUT2D eigenvalue weighted by Gasteiger charge is -2.13. The van der Waals surface area contributed by atoms with Crippen molar-refractivity contribution < 1.29 is 4.39 Å². The van der Waals surface area contributed by atoms with Crippen molar-refractivity contribution in [2.45, 2.75) is 13.5 Å². The second-order valence-corrected chi connectivity index (χ2v) is 5.31. The Balaban J connectivity index is 2.28. The van der Waals surface area contributed by atoms with E-state index in [1.807, 2.05) is 19.2 Å². The van der Waals surface area contributed by atoms with Crippen LogP contribution < -0.4 is 5.32 Å². The first-order chi connectivity index (χ1) is 10.2. The average Bonchev–Trinajstić information content (AvgIpc) is 2.49. The van der Waals surface area contributed by atoms with Crippen molar-refractivity contribution in [2.75, 3.05) is 7.05 Å². The molecule has 0 heterocycles. The monoisotopic (exact) mass is 279 g/mol. The highest BCUT2D eigenvalue weighted by Crippen LogP contribution is 2.33. The number of hydrogen-bond acceptors (Lipinski definition) is 1. The van der Waals surface area contributed by atoms with Gasteiger partial charge in [0, 0.05) is 6.54 Å². The molecule has 0 amide bonds. The van der Waals surface area contributed by atoms with E-state index in [2.05, 4.69) is 42.6 Å². The molecule has 0 spiro atoms. The van der Waals surface area contributed by atoms with Crippen molar-refractivity contribution in [1.82, 2.24) is 5.32 Å². The topological polar surface area (TPSA) is 12.0 Å². The molecular weight excluding hydrogens is 261 g/mol. The van der Waals surface area contributed by atoms with Crippen molar-refractivity contribution in [3.63, 3.8) is 0 Å². The van der Waals surface area contributed by atoms with E-state index < -0.39 is 0 Å². The Morgan fingerprint density at radius 2 is 1.62 bits per heavy atom. The largest absolute Gasteiger partial charge is 0.316 e. The Bertz CT molecular complexity index is 793. The summed E-state index contributed by atoms with van der Waals surface area (Å²) in [5.41, 5.74) is 4.47. The zero-order valence-corrected chi connectivity index (χ0v) is 12.3. The number of nitrogens with one attached hydrogen (secondary N) is 1. The molecule has 0 aliphatic heterocycles. The summed E-state index contributed by atoms with van der Waals surface area (Å²) in [6.45, 7) is 2.76. The summed E-state index contributed by atoms with van der Waals surface area (Å²) in [5, 5.41) is 5.57. The minimum atomic E-state index is -0.194. The Hall–Kier alpha value is -2.19. The fourth-order valence-corrected chi connectivity index (χ4v) is 2.85. The molecular formula is C19H18FN. The number of halogens is 1. The highest BCUT2D eigenvalue weighted by atomic mass is 19.1. The molecule has 0 bridgehead atoms. The molecule has 0 saturated carbocycles. The van der Waals surface area contributed by atoms with Crippen LogP contribution in [0.5, 0.6) is 0 Å². The summed E-state index contributed by atoms with van der Waals surface area (Å²) in [7, 11) is 1.88. The van der Waals surface area contributed by atoms with Crippen LogP contribution in [0.15, 0.2) is 54.6 Å². The third-order valence-corrected chi connectivity index (χ3v) is 3.87. The third kappa shape index (κ3) is 2.55. The zero-order valence-electron chi connectivity index (χ0n) is 12.3. The first-order valence-corrected chi connectivity index (χ1v) is 7.12. The lowest BCUT2D eigenvalue weighted by atomic mass is 9.92. The second-order valence-electron chi connectivity index (χ2n) is 5.31. The number of hydrogen-bond donors (Lipinski definition) is 1. The summed E-state index contributed by atoms with van der Waals surface area (Å²) in [5.74, 6) is -0.194. The Morgan fingerprint density at radius 3 is 2.38 bits per heavy atom. The van der Waals surface area contributed by atoms with Gasteiger partial charge in [-0.25, -0.2) is 4.39 Å². The fraction of sp³-hybridized carbons (Fsp3) is 0.158. The molecule has 3 aromatic rings. The SMILES string of the molecule is CNCc1cc(F)ccc1-c1ccc(C)c2ccccc12. The molecule has 3 rings (SSSR count). The van der Waals surface area contributed by atoms with Gasteiger partial charge in [-0.1, -0.05) is 42.5 Å². The van der Waals surface area contributed by atoms with Gasteiger partial charge in [0.15, 0.2) is 0 Å². The summed E-state index contributed by atoms with van der Waals surface area (Å²) >= 11 is 0. The number of rotatable bonds is 3. The van der Waals surface area contributed by atoms with E-state index in [-0.39, 0.29) is 5.82 Å². The highest BCUT2D eigenvalue weighted by molar-refractivity contribution is 5.99. The van der Waals surface area contributed by atoms with Gasteiger partial charge in [0.1, 0.15) is 5.82 Å². The Morgan fingerprint density at radius 1 is 0.905 bits per heavy atom. The predicted molar refractivity (Wildman–Crippen MR) is 86.8 cm³/mol. The molecule has 21 heavy (non-hydrogen) atoms. The predicted octanol–water partition coefficient (Wildman–Crippen LogP) is 4.67. The maximum atomic E-state index is 13.5. The number of benzene rings is 3. The van der Waals surface area contributed by atoms with Gasteiger partial charge in [-0.3, -0.25) is 0 Å². The quantitative estimate of drug-likeness (QED) is 0.734. The van der Waals surface area contributed by atoms with Crippen molar-refractivity contribution in [1.29, 1.82) is 0 Å². The molecule has 2 heteroatoms. The maximum Gasteiger partial charge on any atom is 0.123 e. The second kappa shape index (κ2) is 5.66. The van der Waals surface area contributed by atoms with Crippen LogP contribution in [-0.4, -0.2) is 7.05 Å². The summed E-state index contributed by atoms with van der Waals surface area (Å²) in [6, 6.07) is 17.6. The number of fused-ring (bicyclic) bond motifs is 1. The minimum absolute atomic E-state index is 0.194. The molecule has 0 aliphatic rings. The van der Waals surface area contributed by atoms with Gasteiger partial charge in [0.2, 0.25) is 0 Å². The average molecular weight is 279 g/mol. The molecule has 106 valence electrons. The molecule has 0 saturated heterocycles. The van der Waals surface area contributed by atoms with Gasteiger partial charge in [-0.2, -0.15) is 0 Å². The molecule has 3 aromatic carbocycles. The normalized spacial score (nSPS) is 11.0. The zero-order chi connectivity index (χ0) is 14.8. The van der Waals surface area contributed by atoms with Crippen LogP contribution >= 0.6 is 0 Å². The molecule has 0 fully saturated rings. The number of aryl methyl sites for hydroxylation is 1. The molecule has 1 nitrogen and oxygen atoms in total. The third-order valence-electron chi connectivity index (χ3n) is 3.87. The molecule has 0 atom stereocenters. The van der Waals surface area contributed by atoms with Gasteiger partial charge in [-0.15, -0.1) is 0 Å². The first-order valence-electron chi connectivity index (χ1n) is 7.12. The van der Waals surface area contributed by atoms with E-state index in [9.17, 15) is 4.39 Å². The van der Waals surface area contributed by atoms with Gasteiger partial charge >= 0.3 is 0 Å². The van der Waals surface area contributed by atoms with Crippen LogP contribution in [0.3, 0.4) is 0 Å². The first kappa shape index (κ1) is 13.8. The van der Waals surface area contributed by atoms with E-state index >= 15 is 0 Å². The summed E-state index contributed by atoms with van der Waals surface area (Å²) in [4.78, 5) is 0. The van der Waals surface area contributed by atoms with E-state index in [1.54, 1.807) is 6.07 Å². The van der Waals surface area contributed by atoms with Crippen molar-refractivity contribution in [3.8, 4) is 11.1 Å². The van der Waals surface area contributed by atoms with Crippen molar-refractivity contribution in [3.05, 3.63) is 71.5 Å². The lowest BCUT2D eigenvalue weighted by Crippen LogP contribution is -2.07.